The number of aromatic nitrogens is 3. The van der Waals surface area contributed by atoms with Crippen LogP contribution in [0.15, 0.2) is 18.5 Å². The van der Waals surface area contributed by atoms with Gasteiger partial charge in [0.05, 0.1) is 12.3 Å². The first-order chi connectivity index (χ1) is 19.0. The summed E-state index contributed by atoms with van der Waals surface area (Å²) in [6.45, 7) is 3.27. The Balaban J connectivity index is 1.84. The number of nitriles is 1. The number of nitrogens with one attached hydrogen (secondary N) is 1. The number of nitrogen functional groups attached to an aromatic ring is 1. The molecule has 5 atom stereocenters. The minimum Gasteiger partial charge on any atom is -0.464 e. The fraction of sp³-hybridized carbons (Fsp3) is 0.583. The molecule has 15 nitrogen and oxygen atoms in total. The Morgan fingerprint density at radius 1 is 1.27 bits per heavy atom. The second-order valence-electron chi connectivity index (χ2n) is 9.34. The van der Waals surface area contributed by atoms with Gasteiger partial charge in [0, 0.05) is 21.0 Å². The number of nitrogens with zero attached hydrogens (tertiary/aromatic N) is 4. The maximum absolute atomic E-state index is 12.7. The Morgan fingerprint density at radius 2 is 1.98 bits per heavy atom. The van der Waals surface area contributed by atoms with E-state index in [-0.39, 0.29) is 11.5 Å². The van der Waals surface area contributed by atoms with Crippen LogP contribution >= 0.6 is 8.18 Å². The van der Waals surface area contributed by atoms with E-state index >= 15 is 0 Å². The van der Waals surface area contributed by atoms with Crippen molar-refractivity contribution in [2.75, 3.05) is 26.1 Å². The molecule has 1 aliphatic carbocycles. The van der Waals surface area contributed by atoms with Gasteiger partial charge in [-0.25, -0.2) is 14.6 Å². The largest absolute Gasteiger partial charge is 0.464 e. The average molecular weight is 581 g/mol. The Kier molecular flexibility index (Phi) is 10.6. The molecule has 0 amide bonds. The number of methoxy groups -OCH3 is 1. The van der Waals surface area contributed by atoms with E-state index in [1.54, 1.807) is 6.07 Å². The van der Waals surface area contributed by atoms with Crippen molar-refractivity contribution in [3.05, 3.63) is 24.2 Å². The van der Waals surface area contributed by atoms with E-state index in [0.29, 0.717) is 18.0 Å². The van der Waals surface area contributed by atoms with Crippen LogP contribution in [0.3, 0.4) is 0 Å². The van der Waals surface area contributed by atoms with Gasteiger partial charge in [-0.1, -0.05) is 6.42 Å². The van der Waals surface area contributed by atoms with E-state index in [1.165, 1.54) is 23.8 Å². The number of ether oxygens (including phenoxy) is 4. The highest BCUT2D eigenvalue weighted by Crippen LogP contribution is 2.36. The van der Waals surface area contributed by atoms with Crippen molar-refractivity contribution in [2.24, 2.45) is 5.92 Å². The summed E-state index contributed by atoms with van der Waals surface area (Å²) in [5.41, 5.74) is 4.32. The molecule has 40 heavy (non-hydrogen) atoms. The lowest BCUT2D eigenvalue weighted by Crippen LogP contribution is -2.52. The molecule has 16 heteroatoms. The summed E-state index contributed by atoms with van der Waals surface area (Å²) in [5, 5.41) is 16.8. The molecule has 3 rings (SSSR count). The monoisotopic (exact) mass is 580 g/mol. The van der Waals surface area contributed by atoms with Crippen LogP contribution in [0.2, 0.25) is 0 Å². The molecule has 1 unspecified atom stereocenters. The molecular weight excluding hydrogens is 547 g/mol. The van der Waals surface area contributed by atoms with Gasteiger partial charge in [-0.2, -0.15) is 10.4 Å². The highest BCUT2D eigenvalue weighted by molar-refractivity contribution is 7.36. The van der Waals surface area contributed by atoms with Crippen LogP contribution in [-0.2, 0) is 42.4 Å². The van der Waals surface area contributed by atoms with Gasteiger partial charge in [-0.15, -0.1) is 0 Å². The minimum atomic E-state index is -3.14. The normalized spacial score (nSPS) is 17.9. The van der Waals surface area contributed by atoms with Crippen LogP contribution in [0.1, 0.15) is 51.8 Å². The predicted octanol–water partition coefficient (Wildman–Crippen LogP) is 1.48. The van der Waals surface area contributed by atoms with Crippen molar-refractivity contribution in [1.82, 2.24) is 19.7 Å². The maximum Gasteiger partial charge on any atom is 0.323 e. The molecule has 0 radical (unpaired) electrons. The van der Waals surface area contributed by atoms with E-state index in [4.69, 9.17) is 29.2 Å². The van der Waals surface area contributed by atoms with Gasteiger partial charge in [-0.3, -0.25) is 18.9 Å². The summed E-state index contributed by atoms with van der Waals surface area (Å²) >= 11 is 0. The van der Waals surface area contributed by atoms with Crippen LogP contribution in [0, 0.1) is 17.2 Å². The summed E-state index contributed by atoms with van der Waals surface area (Å²) in [6.07, 6.45) is 1.20. The standard InChI is InChI=1S/C24H33N6O9P/c1-14(23(33)36-10-17-6-5-7-17)29-40(34)37-12-24(11-25,35-4)21(39-16(3)32)20(38-15(2)31)18-8-9-19-22(26)27-13-28-30(18)19/h8-9,13-14,17,20-21,40H,5-7,10,12H2,1-4H3,(H,29,34)(H2,26,27,28)/t14-,20-,21-,24+/m0/s1. The molecule has 1 saturated carbocycles. The zero-order chi connectivity index (χ0) is 29.4. The van der Waals surface area contributed by atoms with Crippen molar-refractivity contribution in [3.63, 3.8) is 0 Å². The number of esters is 3. The Labute approximate surface area is 231 Å². The SMILES string of the molecule is CO[C@](C#N)(CO[PH](=O)N[C@@H](C)C(=O)OCC1CCC1)[C@@H](OC(C)=O)[C@@H](OC(C)=O)c1ccc2c(N)ncnn12. The second kappa shape index (κ2) is 13.7. The van der Waals surface area contributed by atoms with Gasteiger partial charge >= 0.3 is 17.9 Å². The van der Waals surface area contributed by atoms with Gasteiger partial charge in [0.2, 0.25) is 5.60 Å². The summed E-state index contributed by atoms with van der Waals surface area (Å²) < 4.78 is 41.1. The van der Waals surface area contributed by atoms with Crippen molar-refractivity contribution in [3.8, 4) is 6.07 Å². The smallest absolute Gasteiger partial charge is 0.323 e. The van der Waals surface area contributed by atoms with Gasteiger partial charge < -0.3 is 29.2 Å². The van der Waals surface area contributed by atoms with Crippen LogP contribution in [0.4, 0.5) is 5.82 Å². The molecule has 3 N–H and O–H groups in total. The molecule has 0 bridgehead atoms. The van der Waals surface area contributed by atoms with Crippen LogP contribution in [0.5, 0.6) is 0 Å². The van der Waals surface area contributed by atoms with Crippen molar-refractivity contribution in [1.29, 1.82) is 5.26 Å². The summed E-state index contributed by atoms with van der Waals surface area (Å²) in [5.74, 6) is -1.74. The van der Waals surface area contributed by atoms with Gasteiger partial charge in [0.15, 0.2) is 18.0 Å². The maximum atomic E-state index is 12.7. The van der Waals surface area contributed by atoms with E-state index in [0.717, 1.165) is 40.2 Å². The Hall–Kier alpha value is -3.57. The van der Waals surface area contributed by atoms with Crippen LogP contribution in [0.25, 0.3) is 5.52 Å². The molecule has 2 aromatic heterocycles. The lowest BCUT2D eigenvalue weighted by Gasteiger charge is -2.36. The van der Waals surface area contributed by atoms with E-state index < -0.39 is 56.5 Å². The molecule has 0 aliphatic heterocycles. The fourth-order valence-electron chi connectivity index (χ4n) is 4.06. The zero-order valence-corrected chi connectivity index (χ0v) is 23.6. The third-order valence-electron chi connectivity index (χ3n) is 6.47. The summed E-state index contributed by atoms with van der Waals surface area (Å²) in [4.78, 5) is 40.5. The molecule has 1 aliphatic rings. The topological polar surface area (TPSA) is 206 Å². The summed E-state index contributed by atoms with van der Waals surface area (Å²) in [7, 11) is -1.99. The molecule has 0 saturated heterocycles. The number of hydrogen-bond donors (Lipinski definition) is 2. The Morgan fingerprint density at radius 3 is 2.55 bits per heavy atom. The van der Waals surface area contributed by atoms with Crippen molar-refractivity contribution >= 4 is 37.4 Å². The van der Waals surface area contributed by atoms with E-state index in [9.17, 15) is 24.2 Å². The lowest BCUT2D eigenvalue weighted by atomic mass is 9.86. The Bertz CT molecular complexity index is 1290. The summed E-state index contributed by atoms with van der Waals surface area (Å²) in [6, 6.07) is 4.00. The third-order valence-corrected chi connectivity index (χ3v) is 7.54. The fourth-order valence-corrected chi connectivity index (χ4v) is 4.96. The van der Waals surface area contributed by atoms with E-state index in [1.807, 2.05) is 6.07 Å². The highest BCUT2D eigenvalue weighted by atomic mass is 31.1. The van der Waals surface area contributed by atoms with Crippen molar-refractivity contribution in [2.45, 2.75) is 63.9 Å². The highest BCUT2D eigenvalue weighted by Gasteiger charge is 2.51. The molecule has 1 fully saturated rings. The van der Waals surface area contributed by atoms with Crippen LogP contribution < -0.4 is 10.8 Å². The molecule has 0 spiro atoms. The van der Waals surface area contributed by atoms with Crippen molar-refractivity contribution < 1.29 is 42.4 Å². The number of carbonyl (C=O) groups excluding carboxylic acids is 3. The number of carbonyl (C=O) groups is 3. The number of fused-ring (bicyclic) bond motifs is 1. The lowest BCUT2D eigenvalue weighted by molar-refractivity contribution is -0.191. The quantitative estimate of drug-likeness (QED) is 0.184. The molecule has 0 aromatic carbocycles. The van der Waals surface area contributed by atoms with E-state index in [2.05, 4.69) is 15.2 Å². The third kappa shape index (κ3) is 7.33. The number of anilines is 1. The van der Waals surface area contributed by atoms with Gasteiger partial charge in [0.25, 0.3) is 8.18 Å². The number of nitrogens with two attached hydrogens (primary N) is 1. The first kappa shape index (κ1) is 31.0. The number of rotatable bonds is 14. The van der Waals surface area contributed by atoms with Gasteiger partial charge in [-0.05, 0) is 37.8 Å². The van der Waals surface area contributed by atoms with Crippen LogP contribution in [-0.4, -0.2) is 70.6 Å². The molecule has 2 aromatic rings. The zero-order valence-electron chi connectivity index (χ0n) is 22.6. The molecule has 2 heterocycles. The average Bonchev–Trinajstić information content (AvgIpc) is 3.31. The minimum absolute atomic E-state index is 0.124. The molecular formula is C24H33N6O9P. The molecule has 218 valence electrons. The first-order valence-corrected chi connectivity index (χ1v) is 13.8. The number of hydrogen-bond acceptors (Lipinski definition) is 13. The predicted molar refractivity (Wildman–Crippen MR) is 139 cm³/mol. The first-order valence-electron chi connectivity index (χ1n) is 12.5. The van der Waals surface area contributed by atoms with Gasteiger partial charge in [0.1, 0.15) is 30.6 Å². The second-order valence-corrected chi connectivity index (χ2v) is 10.5.